The molecule has 0 unspecified atom stereocenters. The Morgan fingerprint density at radius 1 is 1.08 bits per heavy atom. The Morgan fingerprint density at radius 3 is 2.56 bits per heavy atom. The Hall–Kier alpha value is -2.46. The van der Waals surface area contributed by atoms with Crippen molar-refractivity contribution in [3.05, 3.63) is 52.5 Å². The van der Waals surface area contributed by atoms with Gasteiger partial charge in [0.05, 0.1) is 0 Å². The largest absolute Gasteiger partial charge is 0.573 e. The van der Waals surface area contributed by atoms with E-state index in [0.29, 0.717) is 17.2 Å². The maximum absolute atomic E-state index is 12.2. The molecule has 0 saturated heterocycles. The summed E-state index contributed by atoms with van der Waals surface area (Å²) >= 11 is 3.02. The molecule has 0 amide bonds. The lowest BCUT2D eigenvalue weighted by atomic mass is 10.1. The molecule has 0 bridgehead atoms. The molecule has 4 aromatic rings. The Labute approximate surface area is 147 Å². The van der Waals surface area contributed by atoms with Crippen molar-refractivity contribution in [3.63, 3.8) is 0 Å². The fourth-order valence-corrected chi connectivity index (χ4v) is 3.83. The van der Waals surface area contributed by atoms with E-state index in [1.54, 1.807) is 28.0 Å². The van der Waals surface area contributed by atoms with Crippen LogP contribution in [0.25, 0.3) is 15.5 Å². The summed E-state index contributed by atoms with van der Waals surface area (Å²) in [5.41, 5.74) is 1.81. The van der Waals surface area contributed by atoms with Crippen LogP contribution in [0, 0.1) is 0 Å². The predicted octanol–water partition coefficient (Wildman–Crippen LogP) is 4.40. The van der Waals surface area contributed by atoms with Gasteiger partial charge in [-0.25, -0.2) is 0 Å². The van der Waals surface area contributed by atoms with E-state index in [1.807, 2.05) is 16.8 Å². The molecule has 0 aliphatic heterocycles. The zero-order valence-electron chi connectivity index (χ0n) is 12.4. The summed E-state index contributed by atoms with van der Waals surface area (Å²) in [6.45, 7) is 0. The van der Waals surface area contributed by atoms with Crippen LogP contribution >= 0.6 is 22.7 Å². The number of halogens is 3. The number of hydrogen-bond donors (Lipinski definition) is 0. The molecule has 0 saturated carbocycles. The lowest BCUT2D eigenvalue weighted by molar-refractivity contribution is -0.274. The van der Waals surface area contributed by atoms with E-state index in [2.05, 4.69) is 20.0 Å². The molecule has 3 aromatic heterocycles. The highest BCUT2D eigenvalue weighted by atomic mass is 32.1. The maximum atomic E-state index is 12.2. The zero-order valence-corrected chi connectivity index (χ0v) is 14.0. The summed E-state index contributed by atoms with van der Waals surface area (Å²) in [7, 11) is 0. The van der Waals surface area contributed by atoms with Gasteiger partial charge in [0, 0.05) is 17.4 Å². The topological polar surface area (TPSA) is 52.3 Å². The molecule has 0 N–H and O–H groups in total. The smallest absolute Gasteiger partial charge is 0.406 e. The normalized spacial score (nSPS) is 12.0. The number of fused-ring (bicyclic) bond motifs is 1. The highest BCUT2D eigenvalue weighted by Gasteiger charge is 2.30. The van der Waals surface area contributed by atoms with Crippen molar-refractivity contribution in [2.45, 2.75) is 12.8 Å². The van der Waals surface area contributed by atoms with E-state index in [4.69, 9.17) is 0 Å². The molecular weight excluding hydrogens is 373 g/mol. The second-order valence-corrected chi connectivity index (χ2v) is 6.83. The van der Waals surface area contributed by atoms with Crippen LogP contribution in [-0.2, 0) is 6.42 Å². The summed E-state index contributed by atoms with van der Waals surface area (Å²) in [5, 5.41) is 17.6. The quantitative estimate of drug-likeness (QED) is 0.525. The number of nitrogens with zero attached hydrogens (tertiary/aromatic N) is 4. The zero-order chi connectivity index (χ0) is 17.4. The molecule has 0 spiro atoms. The number of thiophene rings is 1. The van der Waals surface area contributed by atoms with Gasteiger partial charge in [-0.05, 0) is 29.1 Å². The van der Waals surface area contributed by atoms with Crippen molar-refractivity contribution >= 4 is 27.6 Å². The first-order chi connectivity index (χ1) is 12.0. The third-order valence-electron chi connectivity index (χ3n) is 3.34. The predicted molar refractivity (Wildman–Crippen MR) is 87.9 cm³/mol. The first-order valence-electron chi connectivity index (χ1n) is 7.06. The van der Waals surface area contributed by atoms with Gasteiger partial charge in [-0.1, -0.05) is 23.5 Å². The average Bonchev–Trinajstić information content (AvgIpc) is 3.25. The van der Waals surface area contributed by atoms with Gasteiger partial charge < -0.3 is 4.74 Å². The van der Waals surface area contributed by atoms with E-state index in [9.17, 15) is 13.2 Å². The minimum Gasteiger partial charge on any atom is -0.406 e. The molecule has 128 valence electrons. The van der Waals surface area contributed by atoms with Gasteiger partial charge in [0.2, 0.25) is 4.96 Å². The van der Waals surface area contributed by atoms with Crippen LogP contribution in [0.5, 0.6) is 5.75 Å². The summed E-state index contributed by atoms with van der Waals surface area (Å²) in [5.74, 6) is 0.369. The summed E-state index contributed by atoms with van der Waals surface area (Å²) in [6.07, 6.45) is -4.29. The summed E-state index contributed by atoms with van der Waals surface area (Å²) < 4.78 is 42.1. The van der Waals surface area contributed by atoms with Gasteiger partial charge in [-0.2, -0.15) is 21.0 Å². The van der Waals surface area contributed by atoms with Gasteiger partial charge in [0.25, 0.3) is 0 Å². The third kappa shape index (κ3) is 3.49. The Morgan fingerprint density at radius 2 is 1.88 bits per heavy atom. The van der Waals surface area contributed by atoms with Crippen LogP contribution in [-0.4, -0.2) is 26.2 Å². The molecule has 0 aliphatic rings. The number of aromatic nitrogens is 4. The monoisotopic (exact) mass is 382 g/mol. The van der Waals surface area contributed by atoms with E-state index in [1.165, 1.54) is 23.5 Å². The van der Waals surface area contributed by atoms with Crippen molar-refractivity contribution in [2.24, 2.45) is 0 Å². The Kier molecular flexibility index (Phi) is 3.92. The van der Waals surface area contributed by atoms with Crippen molar-refractivity contribution in [3.8, 4) is 16.3 Å². The van der Waals surface area contributed by atoms with Gasteiger partial charge in [0.1, 0.15) is 10.8 Å². The first kappa shape index (κ1) is 16.0. The molecule has 0 aliphatic carbocycles. The van der Waals surface area contributed by atoms with E-state index >= 15 is 0 Å². The second-order valence-electron chi connectivity index (χ2n) is 5.10. The Bertz CT molecular complexity index is 990. The third-order valence-corrected chi connectivity index (χ3v) is 4.97. The molecule has 0 atom stereocenters. The van der Waals surface area contributed by atoms with Crippen LogP contribution in [0.3, 0.4) is 0 Å². The van der Waals surface area contributed by atoms with Gasteiger partial charge in [-0.3, -0.25) is 0 Å². The molecule has 0 fully saturated rings. The van der Waals surface area contributed by atoms with Crippen molar-refractivity contribution in [2.75, 3.05) is 0 Å². The van der Waals surface area contributed by atoms with E-state index < -0.39 is 6.36 Å². The highest BCUT2D eigenvalue weighted by molar-refractivity contribution is 7.20. The SMILES string of the molecule is FC(F)(F)Oc1ccc(Cc2nnc3sc(-c4ccsc4)nn23)cc1. The van der Waals surface area contributed by atoms with Gasteiger partial charge in [-0.15, -0.1) is 23.4 Å². The summed E-state index contributed by atoms with van der Waals surface area (Å²) in [4.78, 5) is 0.674. The average molecular weight is 382 g/mol. The van der Waals surface area contributed by atoms with Crippen LogP contribution in [0.1, 0.15) is 11.4 Å². The molecule has 3 heterocycles. The number of rotatable bonds is 4. The van der Waals surface area contributed by atoms with E-state index in [-0.39, 0.29) is 5.75 Å². The van der Waals surface area contributed by atoms with Crippen LogP contribution in [0.4, 0.5) is 13.2 Å². The lowest BCUT2D eigenvalue weighted by Crippen LogP contribution is -2.17. The number of benzene rings is 1. The standard InChI is InChI=1S/C15H9F3N4OS2/c16-15(17,18)23-11-3-1-9(2-4-11)7-12-19-20-14-22(12)21-13(25-14)10-5-6-24-8-10/h1-6,8H,7H2. The minimum absolute atomic E-state index is 0.254. The van der Waals surface area contributed by atoms with Crippen LogP contribution in [0.2, 0.25) is 0 Å². The lowest BCUT2D eigenvalue weighted by Gasteiger charge is -2.08. The van der Waals surface area contributed by atoms with Gasteiger partial charge in [0.15, 0.2) is 5.82 Å². The fourth-order valence-electron chi connectivity index (χ4n) is 2.26. The molecule has 1 aromatic carbocycles. The maximum Gasteiger partial charge on any atom is 0.573 e. The highest BCUT2D eigenvalue weighted by Crippen LogP contribution is 2.28. The van der Waals surface area contributed by atoms with E-state index in [0.717, 1.165) is 16.1 Å². The number of alkyl halides is 3. The molecular formula is C15H9F3N4OS2. The van der Waals surface area contributed by atoms with Crippen LogP contribution < -0.4 is 4.74 Å². The van der Waals surface area contributed by atoms with Gasteiger partial charge >= 0.3 is 6.36 Å². The molecule has 25 heavy (non-hydrogen) atoms. The van der Waals surface area contributed by atoms with Crippen molar-refractivity contribution in [1.82, 2.24) is 19.8 Å². The molecule has 4 rings (SSSR count). The molecule has 10 heteroatoms. The van der Waals surface area contributed by atoms with Crippen LogP contribution in [0.15, 0.2) is 41.1 Å². The number of hydrogen-bond acceptors (Lipinski definition) is 6. The first-order valence-corrected chi connectivity index (χ1v) is 8.82. The minimum atomic E-state index is -4.70. The molecule has 5 nitrogen and oxygen atoms in total. The van der Waals surface area contributed by atoms with Crippen molar-refractivity contribution < 1.29 is 17.9 Å². The molecule has 0 radical (unpaired) electrons. The Balaban J connectivity index is 1.56. The van der Waals surface area contributed by atoms with Crippen molar-refractivity contribution in [1.29, 1.82) is 0 Å². The fraction of sp³-hybridized carbons (Fsp3) is 0.133. The summed E-state index contributed by atoms with van der Waals surface area (Å²) in [6, 6.07) is 7.66. The second kappa shape index (κ2) is 6.12. The number of ether oxygens (including phenoxy) is 1.